The maximum Gasteiger partial charge on any atom is 0.251 e. The van der Waals surface area contributed by atoms with Crippen LogP contribution in [0.1, 0.15) is 21.7 Å². The van der Waals surface area contributed by atoms with Crippen LogP contribution in [0.4, 0.5) is 0 Å². The van der Waals surface area contributed by atoms with Gasteiger partial charge in [0.2, 0.25) is 0 Å². The number of fused-ring (bicyclic) bond motifs is 2. The van der Waals surface area contributed by atoms with Crippen LogP contribution in [0.25, 0.3) is 10.9 Å². The Labute approximate surface area is 172 Å². The number of para-hydroxylation sites is 2. The van der Waals surface area contributed by atoms with Gasteiger partial charge in [0, 0.05) is 22.8 Å². The molecule has 152 valence electrons. The smallest absolute Gasteiger partial charge is 0.251 e. The lowest BCUT2D eigenvalue weighted by Gasteiger charge is -2.26. The molecule has 0 saturated carbocycles. The Morgan fingerprint density at radius 3 is 2.93 bits per heavy atom. The number of nitrogens with zero attached hydrogens (tertiary/aromatic N) is 3. The zero-order chi connectivity index (χ0) is 20.5. The lowest BCUT2D eigenvalue weighted by Crippen LogP contribution is -2.33. The van der Waals surface area contributed by atoms with E-state index < -0.39 is 0 Å². The first-order chi connectivity index (χ1) is 14.6. The van der Waals surface area contributed by atoms with Crippen LogP contribution in [0.3, 0.4) is 0 Å². The molecule has 1 amide bonds. The van der Waals surface area contributed by atoms with E-state index in [1.807, 2.05) is 60.3 Å². The third-order valence-corrected chi connectivity index (χ3v) is 4.96. The normalized spacial score (nSPS) is 15.3. The van der Waals surface area contributed by atoms with Crippen molar-refractivity contribution in [2.45, 2.75) is 26.1 Å². The van der Waals surface area contributed by atoms with Gasteiger partial charge >= 0.3 is 0 Å². The molecule has 2 aromatic carbocycles. The summed E-state index contributed by atoms with van der Waals surface area (Å²) in [7, 11) is 0. The van der Waals surface area contributed by atoms with Crippen molar-refractivity contribution in [2.75, 3.05) is 6.61 Å². The first-order valence-electron chi connectivity index (χ1n) is 9.79. The van der Waals surface area contributed by atoms with Crippen LogP contribution in [0.2, 0.25) is 0 Å². The monoisotopic (exact) mass is 403 g/mol. The average Bonchev–Trinajstić information content (AvgIpc) is 3.36. The molecule has 3 heterocycles. The number of carbonyl (C=O) groups is 1. The van der Waals surface area contributed by atoms with Crippen LogP contribution in [0.15, 0.2) is 54.7 Å². The predicted molar refractivity (Wildman–Crippen MR) is 111 cm³/mol. The summed E-state index contributed by atoms with van der Waals surface area (Å²) in [6.07, 6.45) is 1.79. The summed E-state index contributed by atoms with van der Waals surface area (Å²) in [5, 5.41) is 15.4. The van der Waals surface area contributed by atoms with Crippen molar-refractivity contribution in [3.63, 3.8) is 0 Å². The van der Waals surface area contributed by atoms with Crippen molar-refractivity contribution in [1.29, 1.82) is 0 Å². The number of aryl methyl sites for hydroxylation is 1. The highest BCUT2D eigenvalue weighted by atomic mass is 16.6. The van der Waals surface area contributed by atoms with Gasteiger partial charge in [0.15, 0.2) is 17.6 Å². The van der Waals surface area contributed by atoms with Gasteiger partial charge in [-0.25, -0.2) is 0 Å². The Morgan fingerprint density at radius 1 is 1.23 bits per heavy atom. The molecule has 1 aliphatic heterocycles. The number of aromatic amines is 1. The molecule has 4 aromatic rings. The molecular weight excluding hydrogens is 382 g/mol. The van der Waals surface area contributed by atoms with Crippen LogP contribution in [0.5, 0.6) is 11.5 Å². The van der Waals surface area contributed by atoms with Crippen molar-refractivity contribution in [3.05, 3.63) is 71.7 Å². The number of hydrogen-bond acceptors (Lipinski definition) is 5. The van der Waals surface area contributed by atoms with Crippen LogP contribution in [-0.4, -0.2) is 38.6 Å². The van der Waals surface area contributed by atoms with Crippen molar-refractivity contribution < 1.29 is 14.3 Å². The van der Waals surface area contributed by atoms with Crippen molar-refractivity contribution in [2.24, 2.45) is 0 Å². The highest BCUT2D eigenvalue weighted by Crippen LogP contribution is 2.31. The summed E-state index contributed by atoms with van der Waals surface area (Å²) in [5.41, 5.74) is 3.17. The van der Waals surface area contributed by atoms with Gasteiger partial charge in [0.25, 0.3) is 5.91 Å². The molecule has 8 nitrogen and oxygen atoms in total. The molecule has 0 bridgehead atoms. The number of hydrogen-bond donors (Lipinski definition) is 2. The van der Waals surface area contributed by atoms with E-state index in [4.69, 9.17) is 9.47 Å². The van der Waals surface area contributed by atoms with Crippen LogP contribution in [-0.2, 0) is 13.1 Å². The fourth-order valence-electron chi connectivity index (χ4n) is 3.51. The summed E-state index contributed by atoms with van der Waals surface area (Å²) in [6.45, 7) is 3.32. The number of aromatic nitrogens is 4. The Balaban J connectivity index is 1.26. The minimum Gasteiger partial charge on any atom is -0.486 e. The Morgan fingerprint density at radius 2 is 2.10 bits per heavy atom. The van der Waals surface area contributed by atoms with Crippen molar-refractivity contribution in [3.8, 4) is 11.5 Å². The highest BCUT2D eigenvalue weighted by molar-refractivity contribution is 5.97. The van der Waals surface area contributed by atoms with E-state index in [0.717, 1.165) is 33.8 Å². The molecule has 2 N–H and O–H groups in total. The molecule has 0 spiro atoms. The summed E-state index contributed by atoms with van der Waals surface area (Å²) in [6, 6.07) is 15.0. The van der Waals surface area contributed by atoms with Gasteiger partial charge in [-0.05, 0) is 43.3 Å². The lowest BCUT2D eigenvalue weighted by atomic mass is 10.1. The molecule has 8 heteroatoms. The Kier molecular flexibility index (Phi) is 4.59. The topological polar surface area (TPSA) is 94.1 Å². The third kappa shape index (κ3) is 3.71. The lowest BCUT2D eigenvalue weighted by molar-refractivity contribution is 0.0760. The Bertz CT molecular complexity index is 1210. The van der Waals surface area contributed by atoms with Gasteiger partial charge in [-0.15, -0.1) is 0 Å². The molecule has 0 fully saturated rings. The predicted octanol–water partition coefficient (Wildman–Crippen LogP) is 2.84. The van der Waals surface area contributed by atoms with Gasteiger partial charge in [0.05, 0.1) is 24.3 Å². The van der Waals surface area contributed by atoms with Crippen LogP contribution < -0.4 is 14.8 Å². The maximum absolute atomic E-state index is 12.5. The van der Waals surface area contributed by atoms with Crippen molar-refractivity contribution >= 4 is 16.8 Å². The average molecular weight is 403 g/mol. The first kappa shape index (κ1) is 18.2. The first-order valence-corrected chi connectivity index (χ1v) is 9.79. The van der Waals surface area contributed by atoms with E-state index in [0.29, 0.717) is 25.3 Å². The molecular formula is C22H21N5O3. The van der Waals surface area contributed by atoms with E-state index in [1.54, 1.807) is 6.07 Å². The number of carbonyl (C=O) groups excluding carboxylic acids is 1. The standard InChI is InChI=1S/C22H21N5O3/c1-14-8-17(25-24-14)10-23-22(28)15-6-7-19-16(9-15)11-27(26-19)12-18-13-29-20-4-2-3-5-21(20)30-18/h2-9,11,18H,10,12-13H2,1H3,(H,23,28)(H,24,25). The maximum atomic E-state index is 12.5. The fraction of sp³-hybridized carbons (Fsp3) is 0.227. The minimum absolute atomic E-state index is 0.130. The molecule has 0 radical (unpaired) electrons. The van der Waals surface area contributed by atoms with E-state index >= 15 is 0 Å². The minimum atomic E-state index is -0.147. The van der Waals surface area contributed by atoms with Gasteiger partial charge in [-0.3, -0.25) is 14.6 Å². The zero-order valence-corrected chi connectivity index (χ0v) is 16.5. The second kappa shape index (κ2) is 7.55. The SMILES string of the molecule is Cc1cc(CNC(=O)c2ccc3nn(CC4COc5ccccc5O4)cc3c2)n[nH]1. The fourth-order valence-corrected chi connectivity index (χ4v) is 3.51. The quantitative estimate of drug-likeness (QED) is 0.534. The van der Waals surface area contributed by atoms with E-state index in [-0.39, 0.29) is 12.0 Å². The second-order valence-electron chi connectivity index (χ2n) is 7.35. The molecule has 0 saturated heterocycles. The summed E-state index contributed by atoms with van der Waals surface area (Å²) >= 11 is 0. The highest BCUT2D eigenvalue weighted by Gasteiger charge is 2.21. The molecule has 1 atom stereocenters. The van der Waals surface area contributed by atoms with Gasteiger partial charge in [0.1, 0.15) is 6.61 Å². The summed E-state index contributed by atoms with van der Waals surface area (Å²) in [4.78, 5) is 12.5. The van der Waals surface area contributed by atoms with E-state index in [9.17, 15) is 4.79 Å². The number of ether oxygens (including phenoxy) is 2. The number of amides is 1. The summed E-state index contributed by atoms with van der Waals surface area (Å²) in [5.74, 6) is 1.36. The molecule has 30 heavy (non-hydrogen) atoms. The third-order valence-electron chi connectivity index (χ3n) is 4.96. The van der Waals surface area contributed by atoms with Crippen LogP contribution >= 0.6 is 0 Å². The van der Waals surface area contributed by atoms with Crippen LogP contribution in [0, 0.1) is 6.92 Å². The molecule has 1 unspecified atom stereocenters. The number of nitrogens with one attached hydrogen (secondary N) is 2. The number of benzene rings is 2. The summed E-state index contributed by atoms with van der Waals surface area (Å²) < 4.78 is 13.6. The zero-order valence-electron chi connectivity index (χ0n) is 16.5. The van der Waals surface area contributed by atoms with E-state index in [2.05, 4.69) is 20.6 Å². The molecule has 0 aliphatic carbocycles. The number of H-pyrrole nitrogens is 1. The van der Waals surface area contributed by atoms with Crippen molar-refractivity contribution in [1.82, 2.24) is 25.3 Å². The van der Waals surface area contributed by atoms with Gasteiger partial charge in [-0.2, -0.15) is 10.2 Å². The van der Waals surface area contributed by atoms with Gasteiger partial charge < -0.3 is 14.8 Å². The molecule has 1 aliphatic rings. The van der Waals surface area contributed by atoms with Gasteiger partial charge in [-0.1, -0.05) is 12.1 Å². The Hall–Kier alpha value is -3.81. The molecule has 2 aromatic heterocycles. The second-order valence-corrected chi connectivity index (χ2v) is 7.35. The largest absolute Gasteiger partial charge is 0.486 e. The number of rotatable bonds is 5. The molecule has 5 rings (SSSR count). The van der Waals surface area contributed by atoms with E-state index in [1.165, 1.54) is 0 Å².